The van der Waals surface area contributed by atoms with E-state index in [0.717, 1.165) is 0 Å². The minimum atomic E-state index is -0.765. The van der Waals surface area contributed by atoms with Crippen molar-refractivity contribution in [3.05, 3.63) is 29.3 Å². The standard InChI is InChI=1S/C18H24ClN3O4/c1-18(2,11-23)21-15(24)10-22-9-12(6-7-16(22)25)17(26)20-14-5-3-4-13(19)8-14/h3-5,8,12,23H,6-7,9-11H2,1-2H3,(H,20,26)(H,21,24). The second kappa shape index (κ2) is 8.51. The van der Waals surface area contributed by atoms with Crippen LogP contribution in [0.1, 0.15) is 26.7 Å². The first-order chi connectivity index (χ1) is 12.2. The number of hydrogen-bond acceptors (Lipinski definition) is 4. The molecule has 1 aromatic rings. The lowest BCUT2D eigenvalue weighted by molar-refractivity contribution is -0.141. The molecule has 3 amide bonds. The quantitative estimate of drug-likeness (QED) is 0.693. The fraction of sp³-hybridized carbons (Fsp3) is 0.500. The van der Waals surface area contributed by atoms with E-state index in [1.807, 2.05) is 0 Å². The maximum absolute atomic E-state index is 12.5. The fourth-order valence-electron chi connectivity index (χ4n) is 2.72. The van der Waals surface area contributed by atoms with Crippen LogP contribution in [0.25, 0.3) is 0 Å². The van der Waals surface area contributed by atoms with Gasteiger partial charge in [-0.2, -0.15) is 0 Å². The monoisotopic (exact) mass is 381 g/mol. The molecule has 1 fully saturated rings. The number of anilines is 1. The molecule has 0 aliphatic carbocycles. The van der Waals surface area contributed by atoms with Crippen LogP contribution >= 0.6 is 11.6 Å². The van der Waals surface area contributed by atoms with Crippen molar-refractivity contribution in [1.82, 2.24) is 10.2 Å². The average molecular weight is 382 g/mol. The fourth-order valence-corrected chi connectivity index (χ4v) is 2.91. The Labute approximate surface area is 157 Å². The highest BCUT2D eigenvalue weighted by atomic mass is 35.5. The van der Waals surface area contributed by atoms with Crippen molar-refractivity contribution in [2.24, 2.45) is 5.92 Å². The van der Waals surface area contributed by atoms with Gasteiger partial charge in [-0.15, -0.1) is 0 Å². The maximum Gasteiger partial charge on any atom is 0.240 e. The molecule has 0 spiro atoms. The van der Waals surface area contributed by atoms with Crippen LogP contribution in [-0.4, -0.2) is 53.0 Å². The van der Waals surface area contributed by atoms with E-state index in [0.29, 0.717) is 17.1 Å². The molecule has 0 aromatic heterocycles. The van der Waals surface area contributed by atoms with E-state index < -0.39 is 11.5 Å². The predicted octanol–water partition coefficient (Wildman–Crippen LogP) is 1.40. The van der Waals surface area contributed by atoms with E-state index >= 15 is 0 Å². The summed E-state index contributed by atoms with van der Waals surface area (Å²) in [7, 11) is 0. The first-order valence-corrected chi connectivity index (χ1v) is 8.84. The van der Waals surface area contributed by atoms with Gasteiger partial charge >= 0.3 is 0 Å². The van der Waals surface area contributed by atoms with Crippen LogP contribution in [-0.2, 0) is 14.4 Å². The lowest BCUT2D eigenvalue weighted by atomic mass is 9.96. The first kappa shape index (κ1) is 20.2. The molecule has 8 heteroatoms. The zero-order valence-electron chi connectivity index (χ0n) is 14.9. The number of carbonyl (C=O) groups is 3. The number of rotatable bonds is 6. The molecule has 3 N–H and O–H groups in total. The number of nitrogens with one attached hydrogen (secondary N) is 2. The highest BCUT2D eigenvalue weighted by Gasteiger charge is 2.32. The molecule has 26 heavy (non-hydrogen) atoms. The van der Waals surface area contributed by atoms with Crippen molar-refractivity contribution < 1.29 is 19.5 Å². The largest absolute Gasteiger partial charge is 0.394 e. The molecule has 1 unspecified atom stereocenters. The second-order valence-electron chi connectivity index (χ2n) is 7.10. The van der Waals surface area contributed by atoms with Gasteiger partial charge in [-0.3, -0.25) is 14.4 Å². The van der Waals surface area contributed by atoms with Gasteiger partial charge in [-0.25, -0.2) is 0 Å². The van der Waals surface area contributed by atoms with Crippen molar-refractivity contribution in [2.45, 2.75) is 32.2 Å². The van der Waals surface area contributed by atoms with E-state index in [1.165, 1.54) is 4.90 Å². The summed E-state index contributed by atoms with van der Waals surface area (Å²) in [5, 5.41) is 15.2. The Bertz CT molecular complexity index is 693. The number of aliphatic hydroxyl groups is 1. The number of likely N-dealkylation sites (tertiary alicyclic amines) is 1. The number of nitrogens with zero attached hydrogens (tertiary/aromatic N) is 1. The SMILES string of the molecule is CC(C)(CO)NC(=O)CN1CC(C(=O)Nc2cccc(Cl)c2)CCC1=O. The molecule has 1 aliphatic rings. The molecule has 1 atom stereocenters. The summed E-state index contributed by atoms with van der Waals surface area (Å²) in [4.78, 5) is 38.0. The number of piperidine rings is 1. The average Bonchev–Trinajstić information content (AvgIpc) is 2.56. The van der Waals surface area contributed by atoms with Gasteiger partial charge in [0.1, 0.15) is 0 Å². The number of aliphatic hydroxyl groups excluding tert-OH is 1. The minimum absolute atomic E-state index is 0.136. The molecule has 1 saturated heterocycles. The van der Waals surface area contributed by atoms with Gasteiger partial charge in [0.05, 0.1) is 24.6 Å². The van der Waals surface area contributed by atoms with Gasteiger partial charge in [0.15, 0.2) is 0 Å². The van der Waals surface area contributed by atoms with Crippen LogP contribution in [0.15, 0.2) is 24.3 Å². The van der Waals surface area contributed by atoms with Gasteiger partial charge in [0.25, 0.3) is 0 Å². The summed E-state index contributed by atoms with van der Waals surface area (Å²) in [6.45, 7) is 3.20. The van der Waals surface area contributed by atoms with Gasteiger partial charge in [-0.05, 0) is 38.5 Å². The summed E-state index contributed by atoms with van der Waals surface area (Å²) in [5.74, 6) is -1.13. The predicted molar refractivity (Wildman–Crippen MR) is 98.7 cm³/mol. The Balaban J connectivity index is 1.95. The number of halogens is 1. The molecule has 142 valence electrons. The lowest BCUT2D eigenvalue weighted by Gasteiger charge is -2.32. The van der Waals surface area contributed by atoms with Crippen LogP contribution in [0.4, 0.5) is 5.69 Å². The van der Waals surface area contributed by atoms with E-state index in [9.17, 15) is 19.5 Å². The Morgan fingerprint density at radius 3 is 2.77 bits per heavy atom. The molecule has 2 rings (SSSR count). The summed E-state index contributed by atoms with van der Waals surface area (Å²) in [6, 6.07) is 6.84. The number of hydrogen-bond donors (Lipinski definition) is 3. The molecule has 7 nitrogen and oxygen atoms in total. The minimum Gasteiger partial charge on any atom is -0.394 e. The lowest BCUT2D eigenvalue weighted by Crippen LogP contribution is -2.53. The molecule has 0 saturated carbocycles. The molecule has 0 radical (unpaired) electrons. The zero-order chi connectivity index (χ0) is 19.3. The van der Waals surface area contributed by atoms with Crippen molar-refractivity contribution >= 4 is 35.0 Å². The Kier molecular flexibility index (Phi) is 6.61. The van der Waals surface area contributed by atoms with Crippen LogP contribution < -0.4 is 10.6 Å². The molecular weight excluding hydrogens is 358 g/mol. The smallest absolute Gasteiger partial charge is 0.240 e. The zero-order valence-corrected chi connectivity index (χ0v) is 15.7. The van der Waals surface area contributed by atoms with Gasteiger partial charge < -0.3 is 20.6 Å². The third kappa shape index (κ3) is 5.71. The molecule has 0 bridgehead atoms. The Hall–Kier alpha value is -2.12. The Morgan fingerprint density at radius 1 is 1.38 bits per heavy atom. The number of carbonyl (C=O) groups excluding carboxylic acids is 3. The van der Waals surface area contributed by atoms with Gasteiger partial charge in [0, 0.05) is 23.7 Å². The molecule has 1 aliphatic heterocycles. The summed E-state index contributed by atoms with van der Waals surface area (Å²) >= 11 is 5.91. The van der Waals surface area contributed by atoms with Crippen molar-refractivity contribution in [3.63, 3.8) is 0 Å². The van der Waals surface area contributed by atoms with E-state index in [1.54, 1.807) is 38.1 Å². The summed E-state index contributed by atoms with van der Waals surface area (Å²) < 4.78 is 0. The van der Waals surface area contributed by atoms with E-state index in [-0.39, 0.29) is 43.8 Å². The second-order valence-corrected chi connectivity index (χ2v) is 7.54. The highest BCUT2D eigenvalue weighted by Crippen LogP contribution is 2.21. The number of amides is 3. The van der Waals surface area contributed by atoms with Crippen LogP contribution in [0, 0.1) is 5.92 Å². The van der Waals surface area contributed by atoms with Gasteiger partial charge in [-0.1, -0.05) is 17.7 Å². The Morgan fingerprint density at radius 2 is 2.12 bits per heavy atom. The number of benzene rings is 1. The van der Waals surface area contributed by atoms with E-state index in [4.69, 9.17) is 11.6 Å². The van der Waals surface area contributed by atoms with Crippen molar-refractivity contribution in [3.8, 4) is 0 Å². The summed E-state index contributed by atoms with van der Waals surface area (Å²) in [5.41, 5.74) is -0.174. The molecule has 1 aromatic carbocycles. The van der Waals surface area contributed by atoms with E-state index in [2.05, 4.69) is 10.6 Å². The molecular formula is C18H24ClN3O4. The van der Waals surface area contributed by atoms with Crippen molar-refractivity contribution in [2.75, 3.05) is 25.0 Å². The van der Waals surface area contributed by atoms with Crippen LogP contribution in [0.5, 0.6) is 0 Å². The van der Waals surface area contributed by atoms with Crippen molar-refractivity contribution in [1.29, 1.82) is 0 Å². The topological polar surface area (TPSA) is 98.7 Å². The van der Waals surface area contributed by atoms with Crippen LogP contribution in [0.3, 0.4) is 0 Å². The third-order valence-electron chi connectivity index (χ3n) is 4.17. The van der Waals surface area contributed by atoms with Gasteiger partial charge in [0.2, 0.25) is 17.7 Å². The van der Waals surface area contributed by atoms with Crippen LogP contribution in [0.2, 0.25) is 5.02 Å². The molecule has 1 heterocycles. The normalized spacial score (nSPS) is 17.8. The first-order valence-electron chi connectivity index (χ1n) is 8.46. The highest BCUT2D eigenvalue weighted by molar-refractivity contribution is 6.30. The summed E-state index contributed by atoms with van der Waals surface area (Å²) in [6.07, 6.45) is 0.649. The maximum atomic E-state index is 12.5. The third-order valence-corrected chi connectivity index (χ3v) is 4.41.